The number of sulfone groups is 1. The van der Waals surface area contributed by atoms with Crippen LogP contribution in [0.1, 0.15) is 42.6 Å². The van der Waals surface area contributed by atoms with E-state index in [0.717, 1.165) is 66.6 Å². The molecule has 19 heteroatoms. The molecule has 0 aliphatic carbocycles. The lowest BCUT2D eigenvalue weighted by Gasteiger charge is -2.40. The first kappa shape index (κ1) is 52.1. The van der Waals surface area contributed by atoms with Crippen LogP contribution >= 0.6 is 23.4 Å². The predicted molar refractivity (Wildman–Crippen MR) is 267 cm³/mol. The van der Waals surface area contributed by atoms with Crippen molar-refractivity contribution in [3.63, 3.8) is 0 Å². The first-order valence-corrected chi connectivity index (χ1v) is 27.3. The number of piperidine rings is 1. The van der Waals surface area contributed by atoms with Gasteiger partial charge >= 0.3 is 5.51 Å². The minimum atomic E-state index is -6.12. The van der Waals surface area contributed by atoms with Gasteiger partial charge in [-0.05, 0) is 116 Å². The zero-order chi connectivity index (χ0) is 49.3. The van der Waals surface area contributed by atoms with Crippen molar-refractivity contribution in [2.45, 2.75) is 71.7 Å². The molecule has 69 heavy (non-hydrogen) atoms. The van der Waals surface area contributed by atoms with E-state index in [-0.39, 0.29) is 23.9 Å². The van der Waals surface area contributed by atoms with Crippen molar-refractivity contribution in [2.75, 3.05) is 74.9 Å². The molecule has 5 aromatic rings. The van der Waals surface area contributed by atoms with Gasteiger partial charge in [-0.3, -0.25) is 14.6 Å². The fraction of sp³-hybridized carbons (Fsp3) is 0.380. The molecule has 2 N–H and O–H groups in total. The maximum absolute atomic E-state index is 15.4. The smallest absolute Gasteiger partial charge is 0.380 e. The number of carbonyl (C=O) groups is 1. The summed E-state index contributed by atoms with van der Waals surface area (Å²) in [5.41, 5.74) is -2.06. The summed E-state index contributed by atoms with van der Waals surface area (Å²) in [5.74, 6) is -0.765. The second-order valence-corrected chi connectivity index (χ2v) is 22.3. The Morgan fingerprint density at radius 1 is 0.826 bits per heavy atom. The Hall–Kier alpha value is -4.69. The summed E-state index contributed by atoms with van der Waals surface area (Å²) in [7, 11) is -11.0. The lowest BCUT2D eigenvalue weighted by molar-refractivity contribution is -0.0435. The van der Waals surface area contributed by atoms with E-state index < -0.39 is 59.0 Å². The highest BCUT2D eigenvalue weighted by Crippen LogP contribution is 2.37. The zero-order valence-corrected chi connectivity index (χ0v) is 41.6. The quantitative estimate of drug-likeness (QED) is 0.0608. The molecule has 7 rings (SSSR count). The molecule has 1 amide bonds. The lowest BCUT2D eigenvalue weighted by Crippen LogP contribution is -2.52. The summed E-state index contributed by atoms with van der Waals surface area (Å²) in [4.78, 5) is 20.6. The van der Waals surface area contributed by atoms with Crippen LogP contribution in [0.3, 0.4) is 0 Å². The number of thioether (sulfide) groups is 1. The van der Waals surface area contributed by atoms with E-state index in [0.29, 0.717) is 50.1 Å². The van der Waals surface area contributed by atoms with Gasteiger partial charge < -0.3 is 15.1 Å². The van der Waals surface area contributed by atoms with E-state index in [4.69, 9.17) is 11.6 Å². The van der Waals surface area contributed by atoms with Crippen LogP contribution in [-0.2, 0) is 26.4 Å². The number of hydrogen-bond donors (Lipinski definition) is 2. The largest absolute Gasteiger partial charge is 0.501 e. The van der Waals surface area contributed by atoms with E-state index in [1.165, 1.54) is 29.5 Å². The van der Waals surface area contributed by atoms with Crippen molar-refractivity contribution in [1.82, 2.24) is 19.4 Å². The van der Waals surface area contributed by atoms with Gasteiger partial charge in [-0.1, -0.05) is 80.0 Å². The highest BCUT2D eigenvalue weighted by atomic mass is 35.5. The van der Waals surface area contributed by atoms with Gasteiger partial charge in [-0.15, -0.1) is 11.8 Å². The fourth-order valence-corrected chi connectivity index (χ4v) is 12.0. The number of amides is 1. The lowest BCUT2D eigenvalue weighted by atomic mass is 9.99. The Balaban J connectivity index is 1.02. The van der Waals surface area contributed by atoms with Gasteiger partial charge in [-0.2, -0.15) is 13.2 Å². The molecule has 2 aliphatic rings. The zero-order valence-electron chi connectivity index (χ0n) is 38.4. The Bertz CT molecular complexity index is 2730. The van der Waals surface area contributed by atoms with E-state index in [9.17, 15) is 34.8 Å². The monoisotopic (exact) mass is 1030 g/mol. The second-order valence-electron chi connectivity index (χ2n) is 17.2. The molecule has 11 nitrogen and oxygen atoms in total. The molecule has 2 aliphatic heterocycles. The van der Waals surface area contributed by atoms with Crippen LogP contribution in [0.5, 0.6) is 0 Å². The third-order valence-electron chi connectivity index (χ3n) is 12.7. The number of nitrogens with one attached hydrogen (secondary N) is 2. The summed E-state index contributed by atoms with van der Waals surface area (Å²) < 4.78 is 114. The maximum Gasteiger partial charge on any atom is 0.501 e. The molecule has 0 spiro atoms. The summed E-state index contributed by atoms with van der Waals surface area (Å²) in [6, 6.07) is 33.0. The first-order chi connectivity index (χ1) is 32.9. The number of likely N-dealkylation sites (tertiary alicyclic amines) is 1. The third kappa shape index (κ3) is 13.2. The second kappa shape index (κ2) is 23.0. The van der Waals surface area contributed by atoms with Gasteiger partial charge in [0.05, 0.1) is 10.6 Å². The molecule has 0 saturated carbocycles. The van der Waals surface area contributed by atoms with E-state index >= 15 is 4.39 Å². The Labute approximate surface area is 412 Å². The first-order valence-electron chi connectivity index (χ1n) is 22.9. The summed E-state index contributed by atoms with van der Waals surface area (Å²) in [5, 5.41) is 3.64. The van der Waals surface area contributed by atoms with Gasteiger partial charge in [-0.25, -0.2) is 25.9 Å². The van der Waals surface area contributed by atoms with Crippen LogP contribution in [0.15, 0.2) is 136 Å². The number of nitrogens with zero attached hydrogens (tertiary/aromatic N) is 4. The molecule has 2 unspecified atom stereocenters. The van der Waals surface area contributed by atoms with Crippen molar-refractivity contribution in [2.24, 2.45) is 0 Å². The van der Waals surface area contributed by atoms with Crippen LogP contribution < -0.4 is 14.9 Å². The van der Waals surface area contributed by atoms with Gasteiger partial charge in [0.25, 0.3) is 25.8 Å². The maximum atomic E-state index is 15.4. The van der Waals surface area contributed by atoms with Crippen LogP contribution in [0.2, 0.25) is 5.02 Å². The minimum Gasteiger partial charge on any atom is -0.380 e. The average Bonchev–Trinajstić information content (AvgIpc) is 3.34. The number of piperazine rings is 1. The number of halogens is 5. The van der Waals surface area contributed by atoms with Crippen LogP contribution in [-0.4, -0.2) is 126 Å². The molecule has 2 saturated heterocycles. The van der Waals surface area contributed by atoms with Crippen molar-refractivity contribution in [3.05, 3.63) is 137 Å². The van der Waals surface area contributed by atoms with Crippen LogP contribution in [0.4, 0.5) is 28.9 Å². The van der Waals surface area contributed by atoms with E-state index in [2.05, 4.69) is 32.1 Å². The highest BCUT2D eigenvalue weighted by Gasteiger charge is 2.48. The standard InChI is InChI=1S/C50H57ClF4N6O5S3/c1-3-60(4-2)47-25-27-58(34-45(47)52)26-24-40(35-67-42-11-6-5-7-12-42)56-46-23-22-43(32-48(46)68(63,64)50(53,54)55)69(65,66)57-49(62)37-16-20-41(21-17-37)61-30-28-59(29-31-61)33-38-10-8-9-13-44(38)36-14-18-39(51)19-15-36/h5-23,32,40,45,47,56H,3-4,24-31,33-35H2,1-2H3,(H,57,62)/t40-,45?,47?/m1/s1. The molecule has 5 aromatic carbocycles. The Morgan fingerprint density at radius 3 is 2.14 bits per heavy atom. The Morgan fingerprint density at radius 2 is 1.49 bits per heavy atom. The van der Waals surface area contributed by atoms with Crippen LogP contribution in [0, 0.1) is 0 Å². The van der Waals surface area contributed by atoms with Crippen LogP contribution in [0.25, 0.3) is 11.1 Å². The van der Waals surface area contributed by atoms with Gasteiger partial charge in [0.2, 0.25) is 0 Å². The number of anilines is 2. The summed E-state index contributed by atoms with van der Waals surface area (Å²) >= 11 is 7.52. The highest BCUT2D eigenvalue weighted by molar-refractivity contribution is 7.99. The normalized spacial score (nSPS) is 18.0. The van der Waals surface area contributed by atoms with Crippen molar-refractivity contribution in [3.8, 4) is 11.1 Å². The van der Waals surface area contributed by atoms with Gasteiger partial charge in [0.15, 0.2) is 0 Å². The van der Waals surface area contributed by atoms with E-state index in [1.807, 2.05) is 90.2 Å². The summed E-state index contributed by atoms with van der Waals surface area (Å²) in [6.45, 7) is 10.2. The molecular weight excluding hydrogens is 972 g/mol. The molecule has 2 heterocycles. The number of benzene rings is 5. The number of alkyl halides is 4. The van der Waals surface area contributed by atoms with Crippen molar-refractivity contribution >= 4 is 60.5 Å². The topological polar surface area (TPSA) is 122 Å². The number of carbonyl (C=O) groups excluding carboxylic acids is 1. The number of hydrogen-bond acceptors (Lipinski definition) is 11. The van der Waals surface area contributed by atoms with Gasteiger partial charge in [0.1, 0.15) is 11.1 Å². The Kier molecular flexibility index (Phi) is 17.4. The molecule has 2 fully saturated rings. The summed E-state index contributed by atoms with van der Waals surface area (Å²) in [6.07, 6.45) is -0.191. The van der Waals surface area contributed by atoms with E-state index in [1.54, 1.807) is 12.1 Å². The molecule has 370 valence electrons. The van der Waals surface area contributed by atoms with Gasteiger partial charge in [0, 0.05) is 84.8 Å². The average molecular weight is 1030 g/mol. The predicted octanol–water partition coefficient (Wildman–Crippen LogP) is 9.46. The molecule has 0 radical (unpaired) electrons. The molecule has 0 bridgehead atoms. The molecule has 3 atom stereocenters. The molecular formula is C50H57ClF4N6O5S3. The number of rotatable bonds is 19. The molecule has 0 aromatic heterocycles. The SMILES string of the molecule is CCN(CC)C1CCN(CC[C@H](CSc2ccccc2)Nc2ccc(S(=O)(=O)NC(=O)c3ccc(N4CCN(Cc5ccccc5-c5ccc(Cl)cc5)CC4)cc3)cc2S(=O)(=O)C(F)(F)F)CC1F. The number of sulfonamides is 1. The third-order valence-corrected chi connectivity index (χ3v) is 17.0. The van der Waals surface area contributed by atoms with Crippen molar-refractivity contribution in [1.29, 1.82) is 0 Å². The minimum absolute atomic E-state index is 0.0312. The van der Waals surface area contributed by atoms with Crippen molar-refractivity contribution < 1.29 is 39.2 Å². The fourth-order valence-electron chi connectivity index (χ4n) is 8.91.